The molecule has 1 unspecified atom stereocenters. The molecule has 0 radical (unpaired) electrons. The minimum absolute atomic E-state index is 0. The standard InChI is InChI=1S/C19H18FNO2.ClH/c20-16-8-6-15(7-9-16)19-11-10-17(23-19)12-21-13-18(22)14-4-2-1-3-5-14;/h1-11,18,21-22H,12-13H2;1H/p-1. The van der Waals surface area contributed by atoms with E-state index in [0.717, 1.165) is 16.9 Å². The quantitative estimate of drug-likeness (QED) is 0.697. The fraction of sp³-hybridized carbons (Fsp3) is 0.158. The molecule has 0 spiro atoms. The zero-order chi connectivity index (χ0) is 16.1. The van der Waals surface area contributed by atoms with Gasteiger partial charge in [-0.1, -0.05) is 30.3 Å². The zero-order valence-corrected chi connectivity index (χ0v) is 13.7. The summed E-state index contributed by atoms with van der Waals surface area (Å²) in [4.78, 5) is 0. The molecule has 0 amide bonds. The lowest BCUT2D eigenvalue weighted by atomic mass is 10.1. The number of aliphatic hydroxyl groups is 1. The average Bonchev–Trinajstić information content (AvgIpc) is 3.05. The normalized spacial score (nSPS) is 11.8. The molecule has 0 aliphatic heterocycles. The molecule has 0 aliphatic carbocycles. The van der Waals surface area contributed by atoms with Crippen LogP contribution in [-0.2, 0) is 6.54 Å². The van der Waals surface area contributed by atoms with Crippen molar-refractivity contribution in [2.45, 2.75) is 12.6 Å². The molecule has 2 N–H and O–H groups in total. The first-order valence-electron chi connectivity index (χ1n) is 7.51. The molecule has 2 aromatic carbocycles. The smallest absolute Gasteiger partial charge is 0.134 e. The van der Waals surface area contributed by atoms with Crippen LogP contribution in [0.1, 0.15) is 17.4 Å². The van der Waals surface area contributed by atoms with Crippen LogP contribution in [0.25, 0.3) is 11.3 Å². The van der Waals surface area contributed by atoms with Crippen LogP contribution < -0.4 is 17.7 Å². The van der Waals surface area contributed by atoms with Gasteiger partial charge in [-0.25, -0.2) is 4.39 Å². The van der Waals surface area contributed by atoms with Gasteiger partial charge in [-0.2, -0.15) is 0 Å². The molecule has 3 aromatic rings. The summed E-state index contributed by atoms with van der Waals surface area (Å²) in [7, 11) is 0. The average molecular weight is 347 g/mol. The second kappa shape index (κ2) is 8.64. The van der Waals surface area contributed by atoms with Crippen molar-refractivity contribution in [1.82, 2.24) is 5.32 Å². The predicted octanol–water partition coefficient (Wildman–Crippen LogP) is 0.913. The van der Waals surface area contributed by atoms with Crippen molar-refractivity contribution in [2.24, 2.45) is 0 Å². The molecule has 1 aromatic heterocycles. The predicted molar refractivity (Wildman–Crippen MR) is 87.2 cm³/mol. The number of rotatable bonds is 6. The summed E-state index contributed by atoms with van der Waals surface area (Å²) in [6.07, 6.45) is -0.553. The molecular formula is C19H18ClFNO2-. The molecule has 0 bridgehead atoms. The summed E-state index contributed by atoms with van der Waals surface area (Å²) in [6.45, 7) is 0.960. The molecule has 1 atom stereocenters. The van der Waals surface area contributed by atoms with Crippen molar-refractivity contribution in [1.29, 1.82) is 0 Å². The van der Waals surface area contributed by atoms with E-state index in [2.05, 4.69) is 5.32 Å². The second-order valence-corrected chi connectivity index (χ2v) is 5.33. The minimum Gasteiger partial charge on any atom is -1.00 e. The van der Waals surface area contributed by atoms with Gasteiger partial charge in [-0.15, -0.1) is 0 Å². The van der Waals surface area contributed by atoms with E-state index < -0.39 is 6.10 Å². The number of nitrogens with one attached hydrogen (secondary N) is 1. The van der Waals surface area contributed by atoms with Gasteiger partial charge < -0.3 is 27.2 Å². The molecule has 24 heavy (non-hydrogen) atoms. The van der Waals surface area contributed by atoms with Crippen LogP contribution >= 0.6 is 0 Å². The minimum atomic E-state index is -0.553. The maximum atomic E-state index is 12.9. The van der Waals surface area contributed by atoms with Gasteiger partial charge in [-0.05, 0) is 42.0 Å². The molecule has 0 saturated carbocycles. The molecule has 1 heterocycles. The first-order chi connectivity index (χ1) is 11.2. The van der Waals surface area contributed by atoms with Crippen LogP contribution in [0.15, 0.2) is 71.1 Å². The first kappa shape index (κ1) is 18.2. The maximum absolute atomic E-state index is 12.9. The second-order valence-electron chi connectivity index (χ2n) is 5.33. The number of halogens is 2. The summed E-state index contributed by atoms with van der Waals surface area (Å²) in [5, 5.41) is 13.2. The highest BCUT2D eigenvalue weighted by Crippen LogP contribution is 2.22. The van der Waals surface area contributed by atoms with Gasteiger partial charge in [0.15, 0.2) is 0 Å². The Morgan fingerprint density at radius 2 is 1.67 bits per heavy atom. The highest BCUT2D eigenvalue weighted by molar-refractivity contribution is 5.57. The first-order valence-corrected chi connectivity index (χ1v) is 7.51. The molecular weight excluding hydrogens is 329 g/mol. The zero-order valence-electron chi connectivity index (χ0n) is 13.0. The third-order valence-corrected chi connectivity index (χ3v) is 3.61. The van der Waals surface area contributed by atoms with Crippen molar-refractivity contribution in [2.75, 3.05) is 6.54 Å². The van der Waals surface area contributed by atoms with E-state index in [4.69, 9.17) is 4.42 Å². The fourth-order valence-electron chi connectivity index (χ4n) is 2.37. The highest BCUT2D eigenvalue weighted by atomic mass is 35.5. The monoisotopic (exact) mass is 346 g/mol. The number of furan rings is 1. The summed E-state index contributed by atoms with van der Waals surface area (Å²) in [6, 6.07) is 19.4. The van der Waals surface area contributed by atoms with E-state index >= 15 is 0 Å². The Hall–Kier alpha value is -2.14. The van der Waals surface area contributed by atoms with E-state index in [1.54, 1.807) is 12.1 Å². The largest absolute Gasteiger partial charge is 1.00 e. The fourth-order valence-corrected chi connectivity index (χ4v) is 2.37. The van der Waals surface area contributed by atoms with Crippen LogP contribution in [0, 0.1) is 5.82 Å². The molecule has 3 rings (SSSR count). The van der Waals surface area contributed by atoms with E-state index in [1.165, 1.54) is 12.1 Å². The topological polar surface area (TPSA) is 45.4 Å². The Balaban J connectivity index is 0.00000208. The molecule has 0 aliphatic rings. The third kappa shape index (κ3) is 4.68. The van der Waals surface area contributed by atoms with Crippen molar-refractivity contribution >= 4 is 0 Å². The highest BCUT2D eigenvalue weighted by Gasteiger charge is 2.08. The Bertz CT molecular complexity index is 744. The van der Waals surface area contributed by atoms with Crippen LogP contribution in [0.5, 0.6) is 0 Å². The number of aliphatic hydroxyl groups excluding tert-OH is 1. The number of hydrogen-bond donors (Lipinski definition) is 2. The Kier molecular flexibility index (Phi) is 6.55. The van der Waals surface area contributed by atoms with Crippen molar-refractivity contribution in [3.8, 4) is 11.3 Å². The summed E-state index contributed by atoms with van der Waals surface area (Å²) in [5.74, 6) is 1.20. The Morgan fingerprint density at radius 1 is 0.958 bits per heavy atom. The maximum Gasteiger partial charge on any atom is 0.134 e. The van der Waals surface area contributed by atoms with E-state index in [0.29, 0.717) is 18.8 Å². The SMILES string of the molecule is OC(CNCc1ccc(-c2ccc(F)cc2)o1)c1ccccc1.[Cl-]. The van der Waals surface area contributed by atoms with E-state index in [9.17, 15) is 9.50 Å². The van der Waals surface area contributed by atoms with Gasteiger partial charge in [-0.3, -0.25) is 0 Å². The van der Waals surface area contributed by atoms with Crippen molar-refractivity contribution < 1.29 is 26.3 Å². The van der Waals surface area contributed by atoms with Crippen molar-refractivity contribution in [3.63, 3.8) is 0 Å². The van der Waals surface area contributed by atoms with E-state index in [1.807, 2.05) is 42.5 Å². The van der Waals surface area contributed by atoms with Gasteiger partial charge >= 0.3 is 0 Å². The molecule has 3 nitrogen and oxygen atoms in total. The number of hydrogen-bond acceptors (Lipinski definition) is 3. The van der Waals surface area contributed by atoms with Gasteiger partial charge in [0.25, 0.3) is 0 Å². The Morgan fingerprint density at radius 3 is 2.38 bits per heavy atom. The lowest BCUT2D eigenvalue weighted by Gasteiger charge is -2.11. The lowest BCUT2D eigenvalue weighted by Crippen LogP contribution is -3.00. The molecule has 126 valence electrons. The molecule has 0 fully saturated rings. The number of benzene rings is 2. The summed E-state index contributed by atoms with van der Waals surface area (Å²) in [5.41, 5.74) is 1.72. The van der Waals surface area contributed by atoms with Crippen LogP contribution in [0.2, 0.25) is 0 Å². The van der Waals surface area contributed by atoms with Gasteiger partial charge in [0.2, 0.25) is 0 Å². The van der Waals surface area contributed by atoms with Crippen LogP contribution in [0.3, 0.4) is 0 Å². The van der Waals surface area contributed by atoms with Gasteiger partial charge in [0, 0.05) is 12.1 Å². The summed E-state index contributed by atoms with van der Waals surface area (Å²) >= 11 is 0. The summed E-state index contributed by atoms with van der Waals surface area (Å²) < 4.78 is 18.7. The van der Waals surface area contributed by atoms with Gasteiger partial charge in [0.1, 0.15) is 17.3 Å². The van der Waals surface area contributed by atoms with Crippen LogP contribution in [0.4, 0.5) is 4.39 Å². The van der Waals surface area contributed by atoms with E-state index in [-0.39, 0.29) is 18.2 Å². The van der Waals surface area contributed by atoms with Gasteiger partial charge in [0.05, 0.1) is 12.6 Å². The lowest BCUT2D eigenvalue weighted by molar-refractivity contribution is -0.00000754. The molecule has 0 saturated heterocycles. The Labute approximate surface area is 146 Å². The van der Waals surface area contributed by atoms with Crippen molar-refractivity contribution in [3.05, 3.63) is 83.9 Å². The van der Waals surface area contributed by atoms with Crippen LogP contribution in [-0.4, -0.2) is 11.7 Å². The molecule has 5 heteroatoms. The third-order valence-electron chi connectivity index (χ3n) is 3.61.